The van der Waals surface area contributed by atoms with Crippen LogP contribution in [0.4, 0.5) is 0 Å². The van der Waals surface area contributed by atoms with Gasteiger partial charge in [0.2, 0.25) is 6.79 Å². The van der Waals surface area contributed by atoms with Crippen molar-refractivity contribution in [2.75, 3.05) is 33.2 Å². The first-order valence-corrected chi connectivity index (χ1v) is 5.75. The molecule has 0 radical (unpaired) electrons. The van der Waals surface area contributed by atoms with Crippen LogP contribution >= 0.6 is 0 Å². The summed E-state index contributed by atoms with van der Waals surface area (Å²) in [7, 11) is 0. The summed E-state index contributed by atoms with van der Waals surface area (Å²) in [4.78, 5) is 0. The van der Waals surface area contributed by atoms with E-state index in [4.69, 9.17) is 18.9 Å². The smallest absolute Gasteiger partial charge is 0.231 e. The average molecular weight is 237 g/mol. The number of hydrogen-bond donors (Lipinski definition) is 1. The minimum absolute atomic E-state index is 0.258. The maximum absolute atomic E-state index is 5.69. The van der Waals surface area contributed by atoms with Gasteiger partial charge in [-0.1, -0.05) is 0 Å². The fraction of sp³-hybridized carbons (Fsp3) is 0.500. The molecule has 0 bridgehead atoms. The van der Waals surface area contributed by atoms with E-state index in [1.54, 1.807) is 0 Å². The van der Waals surface area contributed by atoms with Crippen molar-refractivity contribution in [3.63, 3.8) is 0 Å². The van der Waals surface area contributed by atoms with Crippen molar-refractivity contribution < 1.29 is 18.9 Å². The molecule has 1 N–H and O–H groups in total. The van der Waals surface area contributed by atoms with Crippen molar-refractivity contribution in [1.29, 1.82) is 0 Å². The van der Waals surface area contributed by atoms with Gasteiger partial charge < -0.3 is 24.3 Å². The number of hydrogen-bond acceptors (Lipinski definition) is 5. The molecule has 1 atom stereocenters. The van der Waals surface area contributed by atoms with Gasteiger partial charge in [-0.15, -0.1) is 0 Å². The van der Waals surface area contributed by atoms with Crippen molar-refractivity contribution >= 4 is 0 Å². The third kappa shape index (κ3) is 2.45. The van der Waals surface area contributed by atoms with Gasteiger partial charge in [-0.3, -0.25) is 0 Å². The summed E-state index contributed by atoms with van der Waals surface area (Å²) in [6.07, 6.45) is 0. The van der Waals surface area contributed by atoms with E-state index in [0.29, 0.717) is 13.2 Å². The maximum atomic E-state index is 5.69. The lowest BCUT2D eigenvalue weighted by molar-refractivity contribution is 0.0592. The molecule has 17 heavy (non-hydrogen) atoms. The van der Waals surface area contributed by atoms with Gasteiger partial charge in [0.1, 0.15) is 12.4 Å². The van der Waals surface area contributed by atoms with Crippen molar-refractivity contribution in [3.8, 4) is 17.2 Å². The van der Waals surface area contributed by atoms with Crippen LogP contribution in [0.25, 0.3) is 0 Å². The Kier molecular flexibility index (Phi) is 3.02. The van der Waals surface area contributed by atoms with Crippen molar-refractivity contribution in [3.05, 3.63) is 18.2 Å². The second-order valence-electron chi connectivity index (χ2n) is 4.05. The van der Waals surface area contributed by atoms with E-state index in [1.165, 1.54) is 0 Å². The normalized spacial score (nSPS) is 22.5. The molecule has 5 nitrogen and oxygen atoms in total. The topological polar surface area (TPSA) is 49.0 Å². The van der Waals surface area contributed by atoms with Crippen LogP contribution in [0.2, 0.25) is 0 Å². The molecule has 1 saturated heterocycles. The molecule has 0 aromatic heterocycles. The van der Waals surface area contributed by atoms with E-state index in [0.717, 1.165) is 30.4 Å². The van der Waals surface area contributed by atoms with Crippen LogP contribution in [0.3, 0.4) is 0 Å². The van der Waals surface area contributed by atoms with Crippen LogP contribution in [0.1, 0.15) is 0 Å². The van der Waals surface area contributed by atoms with Gasteiger partial charge >= 0.3 is 0 Å². The molecule has 0 saturated carbocycles. The van der Waals surface area contributed by atoms with Crippen molar-refractivity contribution in [1.82, 2.24) is 5.32 Å². The number of benzene rings is 1. The first-order valence-electron chi connectivity index (χ1n) is 5.75. The molecule has 1 unspecified atom stereocenters. The quantitative estimate of drug-likeness (QED) is 0.842. The Hall–Kier alpha value is -1.46. The Morgan fingerprint density at radius 3 is 3.12 bits per heavy atom. The van der Waals surface area contributed by atoms with Gasteiger partial charge in [0.05, 0.1) is 19.3 Å². The molecule has 2 aliphatic heterocycles. The summed E-state index contributed by atoms with van der Waals surface area (Å²) in [5.74, 6) is 2.31. The molecular weight excluding hydrogens is 222 g/mol. The third-order valence-corrected chi connectivity index (χ3v) is 2.79. The molecule has 0 aliphatic carbocycles. The fourth-order valence-electron chi connectivity index (χ4n) is 1.89. The van der Waals surface area contributed by atoms with E-state index in [1.807, 2.05) is 18.2 Å². The predicted molar refractivity (Wildman–Crippen MR) is 60.7 cm³/mol. The monoisotopic (exact) mass is 237 g/mol. The van der Waals surface area contributed by atoms with E-state index in [-0.39, 0.29) is 12.8 Å². The summed E-state index contributed by atoms with van der Waals surface area (Å²) >= 11 is 0. The van der Waals surface area contributed by atoms with Crippen molar-refractivity contribution in [2.45, 2.75) is 6.04 Å². The number of fused-ring (bicyclic) bond motifs is 1. The van der Waals surface area contributed by atoms with Crippen molar-refractivity contribution in [2.24, 2.45) is 0 Å². The van der Waals surface area contributed by atoms with Crippen LogP contribution in [0, 0.1) is 0 Å². The second kappa shape index (κ2) is 4.81. The van der Waals surface area contributed by atoms with E-state index in [9.17, 15) is 0 Å². The molecule has 2 heterocycles. The number of ether oxygens (including phenoxy) is 4. The maximum Gasteiger partial charge on any atom is 0.231 e. The molecule has 1 fully saturated rings. The Morgan fingerprint density at radius 2 is 2.24 bits per heavy atom. The Bertz CT molecular complexity index is 390. The minimum Gasteiger partial charge on any atom is -0.492 e. The van der Waals surface area contributed by atoms with Crippen LogP contribution in [0.5, 0.6) is 17.2 Å². The highest BCUT2D eigenvalue weighted by Crippen LogP contribution is 2.35. The number of nitrogens with one attached hydrogen (secondary N) is 1. The molecule has 0 spiro atoms. The zero-order valence-corrected chi connectivity index (χ0v) is 9.48. The Labute approximate surface area is 99.6 Å². The molecule has 0 amide bonds. The highest BCUT2D eigenvalue weighted by Gasteiger charge is 2.16. The predicted octanol–water partition coefficient (Wildman–Crippen LogP) is 0.782. The summed E-state index contributed by atoms with van der Waals surface area (Å²) in [6.45, 7) is 3.25. The first kappa shape index (κ1) is 10.7. The lowest BCUT2D eigenvalue weighted by Crippen LogP contribution is -2.44. The van der Waals surface area contributed by atoms with Gasteiger partial charge in [0.15, 0.2) is 11.5 Å². The van der Waals surface area contributed by atoms with Gasteiger partial charge in [-0.2, -0.15) is 0 Å². The first-order chi connectivity index (χ1) is 8.42. The van der Waals surface area contributed by atoms with Crippen LogP contribution < -0.4 is 19.5 Å². The highest BCUT2D eigenvalue weighted by molar-refractivity contribution is 5.46. The van der Waals surface area contributed by atoms with E-state index in [2.05, 4.69) is 5.32 Å². The number of morpholine rings is 1. The Balaban J connectivity index is 1.57. The molecule has 1 aromatic carbocycles. The standard InChI is InChI=1S/C12H15NO4/c1-2-11-12(17-8-16-11)5-10(1)15-7-9-6-14-4-3-13-9/h1-2,5,9,13H,3-4,6-8H2. The summed E-state index contributed by atoms with van der Waals surface area (Å²) in [6, 6.07) is 5.86. The van der Waals surface area contributed by atoms with Gasteiger partial charge in [0, 0.05) is 12.6 Å². The largest absolute Gasteiger partial charge is 0.492 e. The van der Waals surface area contributed by atoms with Gasteiger partial charge in [-0.25, -0.2) is 0 Å². The minimum atomic E-state index is 0.258. The number of rotatable bonds is 3. The van der Waals surface area contributed by atoms with Crippen LogP contribution in [-0.4, -0.2) is 39.2 Å². The highest BCUT2D eigenvalue weighted by atomic mass is 16.7. The Morgan fingerprint density at radius 1 is 1.29 bits per heavy atom. The van der Waals surface area contributed by atoms with Gasteiger partial charge in [-0.05, 0) is 12.1 Å². The molecular formula is C12H15NO4. The zero-order valence-electron chi connectivity index (χ0n) is 9.48. The molecule has 1 aromatic rings. The van der Waals surface area contributed by atoms with E-state index >= 15 is 0 Å². The molecule has 5 heteroatoms. The average Bonchev–Trinajstić information content (AvgIpc) is 2.85. The molecule has 2 aliphatic rings. The molecule has 3 rings (SSSR count). The SMILES string of the molecule is c1cc2c(cc1OCC1COCCN1)OCO2. The fourth-order valence-corrected chi connectivity index (χ4v) is 1.89. The lowest BCUT2D eigenvalue weighted by atomic mass is 10.3. The zero-order chi connectivity index (χ0) is 11.5. The summed E-state index contributed by atoms with van der Waals surface area (Å²) in [5.41, 5.74) is 0. The molecule has 92 valence electrons. The second-order valence-corrected chi connectivity index (χ2v) is 4.05. The van der Waals surface area contributed by atoms with Gasteiger partial charge in [0.25, 0.3) is 0 Å². The van der Waals surface area contributed by atoms with Crippen LogP contribution in [-0.2, 0) is 4.74 Å². The third-order valence-electron chi connectivity index (χ3n) is 2.79. The van der Waals surface area contributed by atoms with E-state index < -0.39 is 0 Å². The summed E-state index contributed by atoms with van der Waals surface area (Å²) < 4.78 is 21.6. The van der Waals surface area contributed by atoms with Crippen LogP contribution in [0.15, 0.2) is 18.2 Å². The summed E-state index contributed by atoms with van der Waals surface area (Å²) in [5, 5.41) is 3.34. The lowest BCUT2D eigenvalue weighted by Gasteiger charge is -2.23.